The van der Waals surface area contributed by atoms with Crippen molar-refractivity contribution in [2.75, 3.05) is 12.4 Å². The predicted octanol–water partition coefficient (Wildman–Crippen LogP) is 3.75. The van der Waals surface area contributed by atoms with Crippen molar-refractivity contribution in [3.8, 4) is 5.75 Å². The van der Waals surface area contributed by atoms with Gasteiger partial charge >= 0.3 is 0 Å². The van der Waals surface area contributed by atoms with Gasteiger partial charge in [0.25, 0.3) is 11.6 Å². The van der Waals surface area contributed by atoms with E-state index in [1.54, 1.807) is 37.5 Å². The Morgan fingerprint density at radius 1 is 1.26 bits per heavy atom. The highest BCUT2D eigenvalue weighted by molar-refractivity contribution is 6.37. The molecule has 1 aliphatic rings. The summed E-state index contributed by atoms with van der Waals surface area (Å²) in [6.07, 6.45) is 1.66. The maximum Gasteiger partial charge on any atom is 0.288 e. The van der Waals surface area contributed by atoms with E-state index in [0.717, 1.165) is 5.56 Å². The van der Waals surface area contributed by atoms with Crippen LogP contribution in [0.15, 0.2) is 36.4 Å². The zero-order chi connectivity index (χ0) is 16.6. The predicted molar refractivity (Wildman–Crippen MR) is 87.6 cm³/mol. The Labute approximate surface area is 136 Å². The molecule has 1 N–H and O–H groups in total. The Hall–Kier alpha value is -2.86. The van der Waals surface area contributed by atoms with Gasteiger partial charge in [-0.15, -0.1) is 0 Å². The molecule has 0 atom stereocenters. The van der Waals surface area contributed by atoms with Crippen molar-refractivity contribution in [3.05, 3.63) is 62.7 Å². The third kappa shape index (κ3) is 2.76. The molecule has 7 heteroatoms. The fourth-order valence-electron chi connectivity index (χ4n) is 2.35. The third-order valence-electron chi connectivity index (χ3n) is 3.49. The highest BCUT2D eigenvalue weighted by Gasteiger charge is 2.28. The molecule has 116 valence electrons. The van der Waals surface area contributed by atoms with Crippen LogP contribution in [-0.4, -0.2) is 17.9 Å². The maximum absolute atomic E-state index is 12.1. The average molecular weight is 331 g/mol. The molecule has 6 nitrogen and oxygen atoms in total. The summed E-state index contributed by atoms with van der Waals surface area (Å²) in [6.45, 7) is 0. The van der Waals surface area contributed by atoms with Gasteiger partial charge in [-0.1, -0.05) is 23.7 Å². The maximum atomic E-state index is 12.1. The molecule has 0 saturated heterocycles. The lowest BCUT2D eigenvalue weighted by molar-refractivity contribution is -0.384. The van der Waals surface area contributed by atoms with E-state index in [-0.39, 0.29) is 16.6 Å². The minimum atomic E-state index is -0.573. The van der Waals surface area contributed by atoms with Gasteiger partial charge in [0.2, 0.25) is 0 Å². The van der Waals surface area contributed by atoms with Gasteiger partial charge in [-0.3, -0.25) is 14.9 Å². The second kappa shape index (κ2) is 5.73. The largest absolute Gasteiger partial charge is 0.497 e. The lowest BCUT2D eigenvalue weighted by atomic mass is 10.0. The van der Waals surface area contributed by atoms with Gasteiger partial charge in [0.15, 0.2) is 0 Å². The summed E-state index contributed by atoms with van der Waals surface area (Å²) in [6, 6.07) is 9.82. The first-order valence-electron chi connectivity index (χ1n) is 6.65. The first-order valence-corrected chi connectivity index (χ1v) is 7.03. The Balaban J connectivity index is 2.08. The van der Waals surface area contributed by atoms with E-state index in [4.69, 9.17) is 16.3 Å². The Morgan fingerprint density at radius 3 is 2.57 bits per heavy atom. The van der Waals surface area contributed by atoms with Crippen LogP contribution >= 0.6 is 11.6 Å². The molecule has 0 fully saturated rings. The van der Waals surface area contributed by atoms with Crippen LogP contribution in [0.4, 0.5) is 11.4 Å². The van der Waals surface area contributed by atoms with Crippen LogP contribution in [0.25, 0.3) is 11.6 Å². The van der Waals surface area contributed by atoms with Crippen LogP contribution in [0.5, 0.6) is 5.75 Å². The fourth-order valence-corrected chi connectivity index (χ4v) is 2.58. The van der Waals surface area contributed by atoms with Crippen molar-refractivity contribution in [2.24, 2.45) is 0 Å². The summed E-state index contributed by atoms with van der Waals surface area (Å²) in [5.41, 5.74) is 1.82. The highest BCUT2D eigenvalue weighted by atomic mass is 35.5. The van der Waals surface area contributed by atoms with E-state index in [1.165, 1.54) is 12.1 Å². The summed E-state index contributed by atoms with van der Waals surface area (Å²) in [4.78, 5) is 22.6. The van der Waals surface area contributed by atoms with Crippen LogP contribution in [-0.2, 0) is 4.79 Å². The number of nitrogens with zero attached hydrogens (tertiary/aromatic N) is 1. The number of anilines is 1. The summed E-state index contributed by atoms with van der Waals surface area (Å²) in [7, 11) is 1.57. The minimum Gasteiger partial charge on any atom is -0.497 e. The molecule has 0 aliphatic carbocycles. The second-order valence-corrected chi connectivity index (χ2v) is 5.30. The number of hydrogen-bond acceptors (Lipinski definition) is 4. The van der Waals surface area contributed by atoms with Gasteiger partial charge in [-0.25, -0.2) is 0 Å². The minimum absolute atomic E-state index is 0.0141. The topological polar surface area (TPSA) is 81.5 Å². The molecule has 2 aromatic rings. The van der Waals surface area contributed by atoms with Crippen molar-refractivity contribution < 1.29 is 14.5 Å². The number of nitro benzene ring substituents is 1. The van der Waals surface area contributed by atoms with Crippen LogP contribution < -0.4 is 10.1 Å². The molecule has 0 aromatic heterocycles. The molecule has 0 bridgehead atoms. The molecular weight excluding hydrogens is 320 g/mol. The number of carbonyl (C=O) groups is 1. The zero-order valence-electron chi connectivity index (χ0n) is 12.0. The van der Waals surface area contributed by atoms with Crippen molar-refractivity contribution in [2.45, 2.75) is 0 Å². The van der Waals surface area contributed by atoms with E-state index in [0.29, 0.717) is 22.6 Å². The number of carbonyl (C=O) groups excluding carboxylic acids is 1. The third-order valence-corrected chi connectivity index (χ3v) is 3.80. The molecule has 0 unspecified atom stereocenters. The summed E-state index contributed by atoms with van der Waals surface area (Å²) >= 11 is 5.87. The molecule has 23 heavy (non-hydrogen) atoms. The summed E-state index contributed by atoms with van der Waals surface area (Å²) in [5.74, 6) is 0.373. The van der Waals surface area contributed by atoms with Crippen molar-refractivity contribution in [1.29, 1.82) is 0 Å². The lowest BCUT2D eigenvalue weighted by Gasteiger charge is -2.02. The van der Waals surface area contributed by atoms with Crippen LogP contribution in [0.3, 0.4) is 0 Å². The van der Waals surface area contributed by atoms with Gasteiger partial charge in [-0.05, 0) is 29.8 Å². The highest BCUT2D eigenvalue weighted by Crippen LogP contribution is 2.39. The summed E-state index contributed by atoms with van der Waals surface area (Å²) in [5, 5.41) is 13.7. The van der Waals surface area contributed by atoms with Gasteiger partial charge in [0.1, 0.15) is 10.8 Å². The van der Waals surface area contributed by atoms with E-state index < -0.39 is 4.92 Å². The Bertz CT molecular complexity index is 844. The average Bonchev–Trinajstić information content (AvgIpc) is 2.82. The number of hydrogen-bond donors (Lipinski definition) is 1. The van der Waals surface area contributed by atoms with Gasteiger partial charge in [0, 0.05) is 17.2 Å². The normalized spacial score (nSPS) is 14.5. The van der Waals surface area contributed by atoms with E-state index >= 15 is 0 Å². The number of halogens is 1. The number of benzene rings is 2. The number of amides is 1. The van der Waals surface area contributed by atoms with E-state index in [1.807, 2.05) is 0 Å². The molecule has 0 spiro atoms. The molecule has 1 aliphatic heterocycles. The van der Waals surface area contributed by atoms with Crippen molar-refractivity contribution >= 4 is 40.5 Å². The smallest absolute Gasteiger partial charge is 0.288 e. The molecule has 0 radical (unpaired) electrons. The van der Waals surface area contributed by atoms with Crippen molar-refractivity contribution in [3.63, 3.8) is 0 Å². The molecule has 3 rings (SSSR count). The zero-order valence-corrected chi connectivity index (χ0v) is 12.8. The van der Waals surface area contributed by atoms with E-state index in [9.17, 15) is 14.9 Å². The lowest BCUT2D eigenvalue weighted by Crippen LogP contribution is -2.03. The monoisotopic (exact) mass is 330 g/mol. The van der Waals surface area contributed by atoms with Crippen LogP contribution in [0.2, 0.25) is 5.02 Å². The second-order valence-electron chi connectivity index (χ2n) is 4.89. The fraction of sp³-hybridized carbons (Fsp3) is 0.0625. The van der Waals surface area contributed by atoms with Gasteiger partial charge in [0.05, 0.1) is 17.7 Å². The number of fused-ring (bicyclic) bond motifs is 1. The van der Waals surface area contributed by atoms with Gasteiger partial charge in [-0.2, -0.15) is 0 Å². The van der Waals surface area contributed by atoms with Gasteiger partial charge < -0.3 is 10.1 Å². The molecule has 2 aromatic carbocycles. The number of rotatable bonds is 3. The molecule has 1 amide bonds. The SMILES string of the molecule is COc1ccc(/C=C2/C(=O)Nc3cc(Cl)c([N+](=O)[O-])cc32)cc1. The van der Waals surface area contributed by atoms with Crippen molar-refractivity contribution in [1.82, 2.24) is 0 Å². The van der Waals surface area contributed by atoms with Crippen LogP contribution in [0, 0.1) is 10.1 Å². The number of methoxy groups -OCH3 is 1. The molecular formula is C16H11ClN2O4. The number of nitrogens with one attached hydrogen (secondary N) is 1. The standard InChI is InChI=1S/C16H11ClN2O4/c1-23-10-4-2-9(3-5-10)6-12-11-7-15(19(21)22)13(17)8-14(11)18-16(12)20/h2-8H,1H3,(H,18,20)/b12-6+. The summed E-state index contributed by atoms with van der Waals surface area (Å²) < 4.78 is 5.08. The molecule has 0 saturated carbocycles. The Kier molecular flexibility index (Phi) is 3.75. The molecule has 1 heterocycles. The first kappa shape index (κ1) is 15.1. The Morgan fingerprint density at radius 2 is 1.96 bits per heavy atom. The van der Waals surface area contributed by atoms with E-state index in [2.05, 4.69) is 5.32 Å². The number of ether oxygens (including phenoxy) is 1. The number of nitro groups is 1. The van der Waals surface area contributed by atoms with Crippen LogP contribution in [0.1, 0.15) is 11.1 Å². The quantitative estimate of drug-likeness (QED) is 0.528. The first-order chi connectivity index (χ1) is 11.0.